The summed E-state index contributed by atoms with van der Waals surface area (Å²) in [4.78, 5) is 16.4. The molecule has 1 unspecified atom stereocenters. The first-order valence-corrected chi connectivity index (χ1v) is 10.4. The van der Waals surface area contributed by atoms with Gasteiger partial charge in [0, 0.05) is 30.6 Å². The highest BCUT2D eigenvalue weighted by atomic mass is 32.2. The van der Waals surface area contributed by atoms with E-state index in [1.165, 1.54) is 30.2 Å². The van der Waals surface area contributed by atoms with Crippen LogP contribution >= 0.6 is 11.8 Å². The molecule has 4 rings (SSSR count). The van der Waals surface area contributed by atoms with E-state index in [4.69, 9.17) is 0 Å². The second kappa shape index (κ2) is 8.08. The summed E-state index contributed by atoms with van der Waals surface area (Å²) in [6.45, 7) is 2.84. The van der Waals surface area contributed by atoms with Gasteiger partial charge in [0.15, 0.2) is 5.16 Å². The topological polar surface area (TPSA) is 72.2 Å². The van der Waals surface area contributed by atoms with Crippen molar-refractivity contribution in [3.8, 4) is 0 Å². The maximum absolute atomic E-state index is 12.3. The zero-order valence-electron chi connectivity index (χ0n) is 15.3. The van der Waals surface area contributed by atoms with Crippen molar-refractivity contribution in [3.05, 3.63) is 47.9 Å². The minimum atomic E-state index is -0.0314. The number of carbonyl (C=O) groups excluding carboxylic acids is 1. The highest BCUT2D eigenvalue weighted by Gasteiger charge is 2.23. The number of benzene rings is 1. The number of hydrogen-bond acceptors (Lipinski definition) is 5. The Hall–Kier alpha value is -2.41. The van der Waals surface area contributed by atoms with Crippen LogP contribution in [0.25, 0.3) is 0 Å². The average Bonchev–Trinajstić information content (AvgIpc) is 3.47. The molecule has 140 valence electrons. The fourth-order valence-corrected chi connectivity index (χ4v) is 4.03. The number of rotatable bonds is 7. The van der Waals surface area contributed by atoms with Crippen molar-refractivity contribution < 1.29 is 4.79 Å². The van der Waals surface area contributed by atoms with Gasteiger partial charge in [-0.3, -0.25) is 9.79 Å². The van der Waals surface area contributed by atoms with Crippen LogP contribution in [-0.4, -0.2) is 32.6 Å². The Bertz CT molecular complexity index is 867. The first kappa shape index (κ1) is 18.0. The Balaban J connectivity index is 1.35. The monoisotopic (exact) mass is 381 g/mol. The number of amides is 1. The summed E-state index contributed by atoms with van der Waals surface area (Å²) >= 11 is 1.42. The lowest BCUT2D eigenvalue weighted by molar-refractivity contribution is -0.113. The molecule has 0 bridgehead atoms. The van der Waals surface area contributed by atoms with Crippen LogP contribution in [0.15, 0.2) is 46.7 Å². The molecule has 1 saturated carbocycles. The molecule has 0 radical (unpaired) electrons. The highest BCUT2D eigenvalue weighted by molar-refractivity contribution is 7.99. The first-order chi connectivity index (χ1) is 13.2. The van der Waals surface area contributed by atoms with E-state index in [1.807, 2.05) is 24.4 Å². The number of anilines is 1. The Kier molecular flexibility index (Phi) is 5.38. The maximum Gasteiger partial charge on any atom is 0.234 e. The molecule has 1 N–H and O–H groups in total. The third-order valence-corrected chi connectivity index (χ3v) is 5.80. The number of nitrogens with zero attached hydrogens (tertiary/aromatic N) is 4. The van der Waals surface area contributed by atoms with Crippen LogP contribution in [0.2, 0.25) is 0 Å². The van der Waals surface area contributed by atoms with Crippen LogP contribution in [0, 0.1) is 0 Å². The average molecular weight is 382 g/mol. The molecular weight excluding hydrogens is 358 g/mol. The summed E-state index contributed by atoms with van der Waals surface area (Å²) in [7, 11) is 0. The summed E-state index contributed by atoms with van der Waals surface area (Å²) in [5.74, 6) is 2.13. The molecule has 1 aromatic heterocycles. The van der Waals surface area contributed by atoms with Gasteiger partial charge < -0.3 is 9.88 Å². The van der Waals surface area contributed by atoms with E-state index in [-0.39, 0.29) is 11.8 Å². The number of aromatic nitrogens is 3. The van der Waals surface area contributed by atoms with E-state index in [2.05, 4.69) is 44.1 Å². The van der Waals surface area contributed by atoms with Gasteiger partial charge in [0.25, 0.3) is 0 Å². The van der Waals surface area contributed by atoms with E-state index in [0.717, 1.165) is 35.6 Å². The highest BCUT2D eigenvalue weighted by Crippen LogP contribution is 2.40. The van der Waals surface area contributed by atoms with Crippen molar-refractivity contribution in [2.24, 2.45) is 4.99 Å². The minimum Gasteiger partial charge on any atom is -0.325 e. The van der Waals surface area contributed by atoms with Gasteiger partial charge in [0.05, 0.1) is 5.75 Å². The number of allylic oxidation sites excluding steroid dienone is 1. The molecule has 2 aliphatic rings. The number of nitrogens with one attached hydrogen (secondary N) is 1. The van der Waals surface area contributed by atoms with Gasteiger partial charge in [-0.25, -0.2) is 0 Å². The number of thioether (sulfide) groups is 1. The third kappa shape index (κ3) is 4.30. The standard InChI is InChI=1S/C20H23N5OS/c1-2-25-19(16-9-11-21-12-10-16)23-24-20(25)27-13-18(26)22-17-7-5-15(6-8-17)14-3-4-14/h5-9,11-12,14,16H,2-4,10,13H2,1H3,(H,22,26). The van der Waals surface area contributed by atoms with Gasteiger partial charge >= 0.3 is 0 Å². The van der Waals surface area contributed by atoms with Gasteiger partial charge in [-0.15, -0.1) is 10.2 Å². The molecule has 1 fully saturated rings. The normalized spacial score (nSPS) is 18.6. The van der Waals surface area contributed by atoms with Crippen LogP contribution < -0.4 is 5.32 Å². The zero-order valence-corrected chi connectivity index (χ0v) is 16.2. The molecule has 2 aromatic rings. The van der Waals surface area contributed by atoms with Gasteiger partial charge in [0.2, 0.25) is 5.91 Å². The zero-order chi connectivity index (χ0) is 18.6. The van der Waals surface area contributed by atoms with Gasteiger partial charge in [-0.2, -0.15) is 0 Å². The summed E-state index contributed by atoms with van der Waals surface area (Å²) in [5.41, 5.74) is 2.21. The summed E-state index contributed by atoms with van der Waals surface area (Å²) in [5, 5.41) is 12.4. The van der Waals surface area contributed by atoms with Crippen molar-refractivity contribution in [2.75, 3.05) is 11.1 Å². The van der Waals surface area contributed by atoms with Crippen molar-refractivity contribution in [2.45, 2.75) is 49.7 Å². The van der Waals surface area contributed by atoms with E-state index in [1.54, 1.807) is 6.20 Å². The molecule has 0 spiro atoms. The SMILES string of the molecule is CCn1c(SCC(=O)Nc2ccc(C3CC3)cc2)nnc1C1C=CN=CC1. The molecule has 1 aliphatic carbocycles. The predicted octanol–water partition coefficient (Wildman–Crippen LogP) is 3.98. The Morgan fingerprint density at radius 3 is 2.74 bits per heavy atom. The quantitative estimate of drug-likeness (QED) is 0.737. The van der Waals surface area contributed by atoms with Crippen LogP contribution in [0.5, 0.6) is 0 Å². The fourth-order valence-electron chi connectivity index (χ4n) is 3.22. The minimum absolute atomic E-state index is 0.0314. The van der Waals surface area contributed by atoms with Crippen LogP contribution in [0.1, 0.15) is 49.4 Å². The van der Waals surface area contributed by atoms with Crippen LogP contribution in [0.4, 0.5) is 5.69 Å². The summed E-state index contributed by atoms with van der Waals surface area (Å²) < 4.78 is 2.08. The molecular formula is C20H23N5OS. The van der Waals surface area contributed by atoms with Gasteiger partial charge in [-0.1, -0.05) is 30.0 Å². The lowest BCUT2D eigenvalue weighted by Gasteiger charge is -2.13. The number of aliphatic imine (C=N–C) groups is 1. The first-order valence-electron chi connectivity index (χ1n) is 9.38. The second-order valence-corrected chi connectivity index (χ2v) is 7.78. The van der Waals surface area contributed by atoms with E-state index < -0.39 is 0 Å². The Labute approximate surface area is 163 Å². The van der Waals surface area contributed by atoms with Crippen molar-refractivity contribution in [1.29, 1.82) is 0 Å². The summed E-state index contributed by atoms with van der Waals surface area (Å²) in [6, 6.07) is 8.20. The van der Waals surface area contributed by atoms with Gasteiger partial charge in [-0.05, 0) is 49.8 Å². The van der Waals surface area contributed by atoms with Gasteiger partial charge in [0.1, 0.15) is 5.82 Å². The van der Waals surface area contributed by atoms with E-state index in [0.29, 0.717) is 5.75 Å². The molecule has 1 aromatic carbocycles. The molecule has 1 amide bonds. The second-order valence-electron chi connectivity index (χ2n) is 6.83. The maximum atomic E-state index is 12.3. The molecule has 2 heterocycles. The largest absolute Gasteiger partial charge is 0.325 e. The van der Waals surface area contributed by atoms with Crippen molar-refractivity contribution in [1.82, 2.24) is 14.8 Å². The molecule has 0 saturated heterocycles. The lowest BCUT2D eigenvalue weighted by atomic mass is 10.0. The van der Waals surface area contributed by atoms with Crippen molar-refractivity contribution >= 4 is 29.6 Å². The lowest BCUT2D eigenvalue weighted by Crippen LogP contribution is -2.15. The van der Waals surface area contributed by atoms with Crippen LogP contribution in [-0.2, 0) is 11.3 Å². The van der Waals surface area contributed by atoms with E-state index >= 15 is 0 Å². The number of carbonyl (C=O) groups is 1. The summed E-state index contributed by atoms with van der Waals surface area (Å²) in [6.07, 6.45) is 9.14. The molecule has 6 nitrogen and oxygen atoms in total. The molecule has 1 aliphatic heterocycles. The van der Waals surface area contributed by atoms with Crippen molar-refractivity contribution in [3.63, 3.8) is 0 Å². The Morgan fingerprint density at radius 2 is 2.07 bits per heavy atom. The Morgan fingerprint density at radius 1 is 1.26 bits per heavy atom. The molecule has 7 heteroatoms. The third-order valence-electron chi connectivity index (χ3n) is 4.84. The van der Waals surface area contributed by atoms with E-state index in [9.17, 15) is 4.79 Å². The van der Waals surface area contributed by atoms with Crippen LogP contribution in [0.3, 0.4) is 0 Å². The molecule has 27 heavy (non-hydrogen) atoms. The smallest absolute Gasteiger partial charge is 0.234 e. The number of hydrogen-bond donors (Lipinski definition) is 1. The predicted molar refractivity (Wildman–Crippen MR) is 108 cm³/mol. The molecule has 1 atom stereocenters. The fraction of sp³-hybridized carbons (Fsp3) is 0.400.